The molecule has 5 rings (SSSR count). The summed E-state index contributed by atoms with van der Waals surface area (Å²) in [7, 11) is 0. The highest BCUT2D eigenvalue weighted by atomic mass is 16.7. The van der Waals surface area contributed by atoms with E-state index in [0.29, 0.717) is 29.8 Å². The van der Waals surface area contributed by atoms with Crippen molar-refractivity contribution >= 4 is 12.1 Å². The number of quaternary nitrogens is 1. The quantitative estimate of drug-likeness (QED) is 0.0922. The lowest BCUT2D eigenvalue weighted by molar-refractivity contribution is -0.956. The average Bonchev–Trinajstić information content (AvgIpc) is 3.59. The lowest BCUT2D eigenvalue weighted by atomic mass is 9.85. The first kappa shape index (κ1) is 32.5. The van der Waals surface area contributed by atoms with E-state index in [4.69, 9.17) is 14.2 Å². The van der Waals surface area contributed by atoms with Gasteiger partial charge in [0.2, 0.25) is 5.60 Å². The van der Waals surface area contributed by atoms with Gasteiger partial charge in [0.05, 0.1) is 25.2 Å². The molecule has 0 aliphatic carbocycles. The minimum atomic E-state index is -1.56. The molecule has 3 heterocycles. The second kappa shape index (κ2) is 15.9. The molecular formula is C37H53N2O5+. The van der Waals surface area contributed by atoms with Crippen molar-refractivity contribution in [1.29, 1.82) is 0 Å². The molecule has 2 bridgehead atoms. The Morgan fingerprint density at radius 2 is 1.34 bits per heavy atom. The molecule has 1 spiro atoms. The number of rotatable bonds is 16. The molecule has 0 saturated carbocycles. The number of hydrogen-bond donors (Lipinski definition) is 1. The maximum atomic E-state index is 14.4. The molecule has 2 aromatic carbocycles. The molecule has 7 heteroatoms. The number of alkyl carbamates (subject to hydrolysis) is 1. The van der Waals surface area contributed by atoms with Gasteiger partial charge >= 0.3 is 12.1 Å². The molecule has 1 amide bonds. The number of amides is 1. The van der Waals surface area contributed by atoms with Crippen LogP contribution in [0.15, 0.2) is 60.7 Å². The molecule has 44 heavy (non-hydrogen) atoms. The summed E-state index contributed by atoms with van der Waals surface area (Å²) >= 11 is 0. The third-order valence-electron chi connectivity index (χ3n) is 10.4. The Morgan fingerprint density at radius 1 is 0.795 bits per heavy atom. The monoisotopic (exact) mass is 605 g/mol. The van der Waals surface area contributed by atoms with Crippen LogP contribution in [0.2, 0.25) is 0 Å². The van der Waals surface area contributed by atoms with Gasteiger partial charge in [0.1, 0.15) is 6.10 Å². The zero-order valence-corrected chi connectivity index (χ0v) is 26.7. The Balaban J connectivity index is 1.22. The van der Waals surface area contributed by atoms with Gasteiger partial charge in [-0.1, -0.05) is 113 Å². The van der Waals surface area contributed by atoms with Gasteiger partial charge in [-0.3, -0.25) is 0 Å². The maximum absolute atomic E-state index is 14.4. The topological polar surface area (TPSA) is 73.9 Å². The van der Waals surface area contributed by atoms with Crippen molar-refractivity contribution in [3.63, 3.8) is 0 Å². The zero-order chi connectivity index (χ0) is 30.7. The molecule has 0 aromatic heterocycles. The van der Waals surface area contributed by atoms with E-state index in [9.17, 15) is 9.59 Å². The molecular weight excluding hydrogens is 552 g/mol. The predicted octanol–water partition coefficient (Wildman–Crippen LogP) is 7.62. The number of hydrogen-bond acceptors (Lipinski definition) is 5. The predicted molar refractivity (Wildman–Crippen MR) is 172 cm³/mol. The fourth-order valence-electron chi connectivity index (χ4n) is 8.19. The molecule has 2 aromatic rings. The van der Waals surface area contributed by atoms with Crippen molar-refractivity contribution in [2.75, 3.05) is 26.4 Å². The highest BCUT2D eigenvalue weighted by molar-refractivity contribution is 5.86. The summed E-state index contributed by atoms with van der Waals surface area (Å²) in [6.07, 6.45) is 15.8. The summed E-state index contributed by atoms with van der Waals surface area (Å²) in [5.74, 6) is -0.447. The second-order valence-corrected chi connectivity index (χ2v) is 13.1. The Morgan fingerprint density at radius 3 is 1.91 bits per heavy atom. The number of unbranched alkanes of at least 4 members (excludes halogenated alkanes) is 7. The van der Waals surface area contributed by atoms with Crippen LogP contribution >= 0.6 is 0 Å². The summed E-state index contributed by atoms with van der Waals surface area (Å²) in [5, 5.41) is 2.84. The van der Waals surface area contributed by atoms with Crippen LogP contribution in [0.1, 0.15) is 108 Å². The molecule has 2 unspecified atom stereocenters. The molecule has 3 aliphatic rings. The molecule has 3 fully saturated rings. The summed E-state index contributed by atoms with van der Waals surface area (Å²) in [4.78, 5) is 27.0. The molecule has 7 nitrogen and oxygen atoms in total. The molecule has 240 valence electrons. The van der Waals surface area contributed by atoms with E-state index < -0.39 is 17.7 Å². The van der Waals surface area contributed by atoms with Crippen molar-refractivity contribution in [1.82, 2.24) is 5.32 Å². The minimum absolute atomic E-state index is 0.143. The van der Waals surface area contributed by atoms with Crippen LogP contribution in [0.5, 0.6) is 0 Å². The van der Waals surface area contributed by atoms with Gasteiger partial charge in [0, 0.05) is 45.1 Å². The van der Waals surface area contributed by atoms with E-state index >= 15 is 0 Å². The van der Waals surface area contributed by atoms with E-state index in [1.807, 2.05) is 60.7 Å². The second-order valence-electron chi connectivity index (χ2n) is 13.1. The van der Waals surface area contributed by atoms with Crippen LogP contribution in [0.4, 0.5) is 4.79 Å². The Kier molecular flexibility index (Phi) is 11.7. The van der Waals surface area contributed by atoms with Crippen molar-refractivity contribution in [3.8, 4) is 0 Å². The van der Waals surface area contributed by atoms with Gasteiger partial charge in [-0.15, -0.1) is 0 Å². The third-order valence-corrected chi connectivity index (χ3v) is 10.4. The first-order chi connectivity index (χ1) is 21.6. The van der Waals surface area contributed by atoms with Gasteiger partial charge in [-0.25, -0.2) is 9.59 Å². The summed E-state index contributed by atoms with van der Waals surface area (Å²) in [6.45, 7) is 4.96. The summed E-state index contributed by atoms with van der Waals surface area (Å²) in [5.41, 5.74) is -0.251. The van der Waals surface area contributed by atoms with Crippen LogP contribution in [-0.2, 0) is 24.6 Å². The highest BCUT2D eigenvalue weighted by Crippen LogP contribution is 2.47. The maximum Gasteiger partial charge on any atom is 0.409 e. The smallest absolute Gasteiger partial charge is 0.409 e. The Hall–Kier alpha value is -2.90. The van der Waals surface area contributed by atoms with Crippen molar-refractivity contribution in [2.24, 2.45) is 0 Å². The van der Waals surface area contributed by atoms with E-state index in [-0.39, 0.29) is 12.9 Å². The van der Waals surface area contributed by atoms with Gasteiger partial charge in [0.15, 0.2) is 6.79 Å². The number of nitrogens with one attached hydrogen (secondary N) is 1. The average molecular weight is 606 g/mol. The molecule has 3 saturated heterocycles. The van der Waals surface area contributed by atoms with E-state index in [1.54, 1.807) is 0 Å². The van der Waals surface area contributed by atoms with Crippen molar-refractivity contribution in [3.05, 3.63) is 71.8 Å². The normalized spacial score (nSPS) is 22.2. The van der Waals surface area contributed by atoms with Gasteiger partial charge in [-0.05, 0) is 17.5 Å². The fraction of sp³-hybridized carbons (Fsp3) is 0.622. The van der Waals surface area contributed by atoms with E-state index in [0.717, 1.165) is 25.7 Å². The lowest BCUT2D eigenvalue weighted by Crippen LogP contribution is -2.60. The van der Waals surface area contributed by atoms with Crippen LogP contribution in [0.3, 0.4) is 0 Å². The third kappa shape index (κ3) is 7.48. The fourth-order valence-corrected chi connectivity index (χ4v) is 8.19. The Labute approximate surface area is 264 Å². The zero-order valence-electron chi connectivity index (χ0n) is 26.7. The van der Waals surface area contributed by atoms with Crippen LogP contribution in [0.25, 0.3) is 0 Å². The SMILES string of the molecule is CCCCCCCCCCNC(=O)OCOC(C(=O)OC1CC2CCC(C1)[N+]21CCCC1)(c1ccccc1)c1ccccc1. The van der Waals surface area contributed by atoms with Gasteiger partial charge in [-0.2, -0.15) is 0 Å². The molecule has 1 N–H and O–H groups in total. The number of benzene rings is 2. The molecule has 0 radical (unpaired) electrons. The number of carbonyl (C=O) groups is 2. The van der Waals surface area contributed by atoms with Gasteiger partial charge in [0.25, 0.3) is 0 Å². The minimum Gasteiger partial charge on any atom is -0.459 e. The number of ether oxygens (including phenoxy) is 3. The number of esters is 1. The first-order valence-electron chi connectivity index (χ1n) is 17.3. The summed E-state index contributed by atoms with van der Waals surface area (Å²) < 4.78 is 19.5. The van der Waals surface area contributed by atoms with E-state index in [2.05, 4.69) is 12.2 Å². The Bertz CT molecular complexity index is 1110. The van der Waals surface area contributed by atoms with Crippen LogP contribution in [-0.4, -0.2) is 61.2 Å². The standard InChI is InChI=1S/C37H52N2O5/c1-2-3-4-5-6-7-8-15-24-38-36(41)42-29-43-37(30-18-11-9-12-19-30,31-20-13-10-14-21-31)35(40)44-34-27-32-22-23-33(28-34)39(32)25-16-17-26-39/h9-14,18-21,32-34H,2-8,15-17,22-29H2,1H3/p+1. The highest BCUT2D eigenvalue weighted by Gasteiger charge is 2.57. The largest absolute Gasteiger partial charge is 0.459 e. The van der Waals surface area contributed by atoms with Gasteiger partial charge < -0.3 is 24.0 Å². The number of nitrogens with zero attached hydrogens (tertiary/aromatic N) is 1. The van der Waals surface area contributed by atoms with Crippen LogP contribution < -0.4 is 5.32 Å². The van der Waals surface area contributed by atoms with Crippen molar-refractivity contribution in [2.45, 2.75) is 121 Å². The first-order valence-corrected chi connectivity index (χ1v) is 17.3. The van der Waals surface area contributed by atoms with Crippen LogP contribution in [0, 0.1) is 0 Å². The van der Waals surface area contributed by atoms with Crippen molar-refractivity contribution < 1.29 is 28.3 Å². The summed E-state index contributed by atoms with van der Waals surface area (Å²) in [6, 6.07) is 20.1. The van der Waals surface area contributed by atoms with E-state index in [1.165, 1.54) is 81.8 Å². The molecule has 2 atom stereocenters. The lowest BCUT2D eigenvalue weighted by Gasteiger charge is -2.47. The number of piperidine rings is 1. The number of carbonyl (C=O) groups excluding carboxylic acids is 2. The molecule has 3 aliphatic heterocycles.